The molecule has 0 aromatic carbocycles. The van der Waals surface area contributed by atoms with Crippen LogP contribution >= 0.6 is 24.0 Å². The molecule has 0 spiro atoms. The van der Waals surface area contributed by atoms with E-state index < -0.39 is 0 Å². The number of guanidine groups is 1. The quantitative estimate of drug-likeness (QED) is 0.412. The zero-order valence-corrected chi connectivity index (χ0v) is 17.9. The molecule has 146 valence electrons. The number of ether oxygens (including phenoxy) is 1. The van der Waals surface area contributed by atoms with Gasteiger partial charge < -0.3 is 19.4 Å². The molecule has 0 amide bonds. The second kappa shape index (κ2) is 9.97. The number of nitrogens with zero attached hydrogens (tertiary/aromatic N) is 2. The van der Waals surface area contributed by atoms with Crippen LogP contribution in [0.3, 0.4) is 0 Å². The maximum absolute atomic E-state index is 5.51. The van der Waals surface area contributed by atoms with E-state index in [9.17, 15) is 0 Å². The van der Waals surface area contributed by atoms with Crippen LogP contribution in [0.2, 0.25) is 0 Å². The number of halogens is 1. The van der Waals surface area contributed by atoms with Crippen LogP contribution < -0.4 is 5.32 Å². The van der Waals surface area contributed by atoms with Crippen molar-refractivity contribution in [3.8, 4) is 0 Å². The fraction of sp³-hybridized carbons (Fsp3) is 0.750. The molecule has 0 radical (unpaired) electrons. The number of aliphatic imine (C=N–C) groups is 1. The summed E-state index contributed by atoms with van der Waals surface area (Å²) in [4.78, 5) is 7.49. The summed E-state index contributed by atoms with van der Waals surface area (Å²) in [7, 11) is 0. The van der Waals surface area contributed by atoms with Crippen LogP contribution in [0.15, 0.2) is 27.8 Å². The van der Waals surface area contributed by atoms with Crippen LogP contribution in [0.1, 0.15) is 44.3 Å². The molecule has 3 fully saturated rings. The molecule has 3 heterocycles. The summed E-state index contributed by atoms with van der Waals surface area (Å²) in [6, 6.07) is 4.48. The summed E-state index contributed by atoms with van der Waals surface area (Å²) in [5.74, 6) is 3.89. The maximum atomic E-state index is 5.51. The number of fused-ring (bicyclic) bond motifs is 1. The van der Waals surface area contributed by atoms with Crippen molar-refractivity contribution in [3.63, 3.8) is 0 Å². The van der Waals surface area contributed by atoms with Gasteiger partial charge in [-0.05, 0) is 49.7 Å². The average Bonchev–Trinajstić information content (AvgIpc) is 3.31. The van der Waals surface area contributed by atoms with Crippen LogP contribution in [-0.4, -0.2) is 49.7 Å². The highest BCUT2D eigenvalue weighted by molar-refractivity contribution is 14.0. The predicted octanol–water partition coefficient (Wildman–Crippen LogP) is 3.69. The molecule has 0 bridgehead atoms. The second-order valence-electron chi connectivity index (χ2n) is 7.78. The molecule has 3 aliphatic rings. The van der Waals surface area contributed by atoms with E-state index in [2.05, 4.69) is 10.2 Å². The number of rotatable bonds is 4. The summed E-state index contributed by atoms with van der Waals surface area (Å²) in [6.45, 7) is 4.87. The molecule has 4 rings (SSSR count). The van der Waals surface area contributed by atoms with Crippen molar-refractivity contribution in [1.82, 2.24) is 10.2 Å². The van der Waals surface area contributed by atoms with Gasteiger partial charge in [-0.1, -0.05) is 12.8 Å². The highest BCUT2D eigenvalue weighted by Gasteiger charge is 2.36. The highest BCUT2D eigenvalue weighted by Crippen LogP contribution is 2.36. The first-order valence-corrected chi connectivity index (χ1v) is 10.0. The molecule has 2 atom stereocenters. The lowest BCUT2D eigenvalue weighted by Crippen LogP contribution is -2.47. The van der Waals surface area contributed by atoms with E-state index in [1.807, 2.05) is 12.1 Å². The Kier molecular flexibility index (Phi) is 7.66. The van der Waals surface area contributed by atoms with Crippen LogP contribution in [0.5, 0.6) is 0 Å². The van der Waals surface area contributed by atoms with Gasteiger partial charge in [0.15, 0.2) is 5.96 Å². The number of likely N-dealkylation sites (tertiary alicyclic amines) is 1. The van der Waals surface area contributed by atoms with Gasteiger partial charge in [-0.2, -0.15) is 0 Å². The summed E-state index contributed by atoms with van der Waals surface area (Å²) in [5.41, 5.74) is 0. The molecule has 1 aliphatic carbocycles. The van der Waals surface area contributed by atoms with Gasteiger partial charge >= 0.3 is 0 Å². The van der Waals surface area contributed by atoms with E-state index in [1.54, 1.807) is 6.26 Å². The van der Waals surface area contributed by atoms with E-state index in [-0.39, 0.29) is 24.0 Å². The van der Waals surface area contributed by atoms with Gasteiger partial charge in [0.2, 0.25) is 0 Å². The van der Waals surface area contributed by atoms with Crippen molar-refractivity contribution in [1.29, 1.82) is 0 Å². The predicted molar refractivity (Wildman–Crippen MR) is 114 cm³/mol. The van der Waals surface area contributed by atoms with Crippen molar-refractivity contribution in [2.24, 2.45) is 16.8 Å². The molecule has 1 aromatic rings. The van der Waals surface area contributed by atoms with Crippen molar-refractivity contribution in [2.75, 3.05) is 32.8 Å². The summed E-state index contributed by atoms with van der Waals surface area (Å²) >= 11 is 0. The SMILES string of the molecule is I.c1coc(CCN=C(NC2CCOCC2)N2CC3CCCCC3C2)c1. The third-order valence-electron chi connectivity index (χ3n) is 6.03. The minimum atomic E-state index is 0. The summed E-state index contributed by atoms with van der Waals surface area (Å²) in [6.07, 6.45) is 10.4. The monoisotopic (exact) mass is 473 g/mol. The Morgan fingerprint density at radius 2 is 1.85 bits per heavy atom. The first-order chi connectivity index (χ1) is 12.4. The first-order valence-electron chi connectivity index (χ1n) is 10.0. The van der Waals surface area contributed by atoms with Crippen molar-refractivity contribution >= 4 is 29.9 Å². The highest BCUT2D eigenvalue weighted by atomic mass is 127. The lowest BCUT2D eigenvalue weighted by molar-refractivity contribution is 0.0816. The Bertz CT molecular complexity index is 543. The fourth-order valence-electron chi connectivity index (χ4n) is 4.57. The van der Waals surface area contributed by atoms with E-state index >= 15 is 0 Å². The molecule has 1 aromatic heterocycles. The molecule has 2 unspecified atom stereocenters. The lowest BCUT2D eigenvalue weighted by atomic mass is 9.82. The normalized spacial score (nSPS) is 27.1. The smallest absolute Gasteiger partial charge is 0.194 e. The third-order valence-corrected chi connectivity index (χ3v) is 6.03. The number of furan rings is 1. The van der Waals surface area contributed by atoms with Gasteiger partial charge in [0.1, 0.15) is 5.76 Å². The Morgan fingerprint density at radius 1 is 1.12 bits per heavy atom. The summed E-state index contributed by atoms with van der Waals surface area (Å²) in [5, 5.41) is 3.75. The summed E-state index contributed by atoms with van der Waals surface area (Å²) < 4.78 is 11.0. The van der Waals surface area contributed by atoms with Crippen LogP contribution in [0.25, 0.3) is 0 Å². The zero-order valence-electron chi connectivity index (χ0n) is 15.6. The number of nitrogens with one attached hydrogen (secondary N) is 1. The Morgan fingerprint density at radius 3 is 2.50 bits per heavy atom. The van der Waals surface area contributed by atoms with E-state index in [0.29, 0.717) is 6.04 Å². The Balaban J connectivity index is 0.00000196. The van der Waals surface area contributed by atoms with Crippen LogP contribution in [0, 0.1) is 11.8 Å². The van der Waals surface area contributed by atoms with Crippen LogP contribution in [0.4, 0.5) is 0 Å². The van der Waals surface area contributed by atoms with Crippen molar-refractivity contribution in [3.05, 3.63) is 24.2 Å². The molecule has 1 saturated carbocycles. The molecular weight excluding hydrogens is 441 g/mol. The first kappa shape index (κ1) is 20.0. The van der Waals surface area contributed by atoms with Crippen molar-refractivity contribution in [2.45, 2.75) is 51.0 Å². The Labute approximate surface area is 174 Å². The molecule has 26 heavy (non-hydrogen) atoms. The maximum Gasteiger partial charge on any atom is 0.194 e. The van der Waals surface area contributed by atoms with Gasteiger partial charge in [-0.3, -0.25) is 4.99 Å². The minimum absolute atomic E-state index is 0. The van der Waals surface area contributed by atoms with Gasteiger partial charge in [-0.15, -0.1) is 24.0 Å². The average molecular weight is 473 g/mol. The third kappa shape index (κ3) is 5.15. The lowest BCUT2D eigenvalue weighted by Gasteiger charge is -2.29. The van der Waals surface area contributed by atoms with Gasteiger partial charge in [0.05, 0.1) is 6.26 Å². The Hall–Kier alpha value is -0.760. The van der Waals surface area contributed by atoms with E-state index in [1.165, 1.54) is 38.8 Å². The van der Waals surface area contributed by atoms with Gasteiger partial charge in [0.25, 0.3) is 0 Å². The van der Waals surface area contributed by atoms with E-state index in [0.717, 1.165) is 62.6 Å². The van der Waals surface area contributed by atoms with Gasteiger partial charge in [-0.25, -0.2) is 0 Å². The second-order valence-corrected chi connectivity index (χ2v) is 7.78. The minimum Gasteiger partial charge on any atom is -0.469 e. The standard InChI is InChI=1S/C20H31N3O2.HI/c1-2-5-17-15-23(14-16(17)4-1)20(22-18-8-12-24-13-9-18)21-10-7-19-6-3-11-25-19;/h3,6,11,16-18H,1-2,4-5,7-10,12-15H2,(H,21,22);1H. The van der Waals surface area contributed by atoms with Crippen molar-refractivity contribution < 1.29 is 9.15 Å². The zero-order chi connectivity index (χ0) is 16.9. The molecule has 1 N–H and O–H groups in total. The van der Waals surface area contributed by atoms with Crippen LogP contribution in [-0.2, 0) is 11.2 Å². The molecule has 2 aliphatic heterocycles. The molecule has 6 heteroatoms. The molecular formula is C20H32IN3O2. The molecule has 2 saturated heterocycles. The molecule has 5 nitrogen and oxygen atoms in total. The van der Waals surface area contributed by atoms with Gasteiger partial charge in [0, 0.05) is 45.3 Å². The van der Waals surface area contributed by atoms with E-state index in [4.69, 9.17) is 14.1 Å². The largest absolute Gasteiger partial charge is 0.469 e. The number of hydrogen-bond acceptors (Lipinski definition) is 3. The topological polar surface area (TPSA) is 50.0 Å². The fourth-order valence-corrected chi connectivity index (χ4v) is 4.57. The number of hydrogen-bond donors (Lipinski definition) is 1.